The minimum atomic E-state index is 0.201. The molecule has 1 aliphatic heterocycles. The second kappa shape index (κ2) is 6.03. The summed E-state index contributed by atoms with van der Waals surface area (Å²) in [6.45, 7) is 4.31. The molecular weight excluding hydrogens is 214 g/mol. The van der Waals surface area contributed by atoms with E-state index in [4.69, 9.17) is 9.84 Å². The first-order valence-electron chi connectivity index (χ1n) is 6.37. The van der Waals surface area contributed by atoms with Crippen molar-refractivity contribution < 1.29 is 9.84 Å². The standard InChI is InChI=1S/C14H21NO2/c1-11-9-12(6-8-16)4-5-14(11)17-13-3-2-7-15-10-13/h4-5,9,13,15-16H,2-3,6-8,10H2,1H3. The highest BCUT2D eigenvalue weighted by atomic mass is 16.5. The minimum absolute atomic E-state index is 0.201. The monoisotopic (exact) mass is 235 g/mol. The van der Waals surface area contributed by atoms with Crippen LogP contribution >= 0.6 is 0 Å². The van der Waals surface area contributed by atoms with Gasteiger partial charge in [0.25, 0.3) is 0 Å². The van der Waals surface area contributed by atoms with Gasteiger partial charge in [0, 0.05) is 13.2 Å². The maximum Gasteiger partial charge on any atom is 0.122 e. The molecule has 17 heavy (non-hydrogen) atoms. The average Bonchev–Trinajstić information content (AvgIpc) is 2.34. The number of benzene rings is 1. The third-order valence-corrected chi connectivity index (χ3v) is 3.19. The van der Waals surface area contributed by atoms with E-state index >= 15 is 0 Å². The molecule has 0 saturated carbocycles. The van der Waals surface area contributed by atoms with Gasteiger partial charge < -0.3 is 15.2 Å². The molecule has 1 aromatic rings. The van der Waals surface area contributed by atoms with E-state index in [1.807, 2.05) is 12.1 Å². The second-order valence-electron chi connectivity index (χ2n) is 4.66. The molecule has 0 spiro atoms. The van der Waals surface area contributed by atoms with Crippen LogP contribution in [0, 0.1) is 6.92 Å². The molecule has 0 aromatic heterocycles. The van der Waals surface area contributed by atoms with Crippen LogP contribution in [0.15, 0.2) is 18.2 Å². The van der Waals surface area contributed by atoms with Crippen LogP contribution in [0.3, 0.4) is 0 Å². The molecule has 1 saturated heterocycles. The van der Waals surface area contributed by atoms with Crippen molar-refractivity contribution in [2.75, 3.05) is 19.7 Å². The van der Waals surface area contributed by atoms with E-state index in [0.29, 0.717) is 12.5 Å². The van der Waals surface area contributed by atoms with E-state index in [-0.39, 0.29) is 6.61 Å². The van der Waals surface area contributed by atoms with Gasteiger partial charge in [-0.15, -0.1) is 0 Å². The lowest BCUT2D eigenvalue weighted by molar-refractivity contribution is 0.166. The summed E-state index contributed by atoms with van der Waals surface area (Å²) in [5.41, 5.74) is 2.32. The maximum absolute atomic E-state index is 8.90. The van der Waals surface area contributed by atoms with Crippen molar-refractivity contribution in [3.63, 3.8) is 0 Å². The number of hydrogen-bond acceptors (Lipinski definition) is 3. The topological polar surface area (TPSA) is 41.5 Å². The fourth-order valence-corrected chi connectivity index (χ4v) is 2.23. The summed E-state index contributed by atoms with van der Waals surface area (Å²) >= 11 is 0. The smallest absolute Gasteiger partial charge is 0.122 e. The number of nitrogens with one attached hydrogen (secondary N) is 1. The Morgan fingerprint density at radius 2 is 2.35 bits per heavy atom. The molecule has 94 valence electrons. The third kappa shape index (κ3) is 3.45. The Kier molecular flexibility index (Phi) is 4.40. The van der Waals surface area contributed by atoms with Crippen LogP contribution in [0.2, 0.25) is 0 Å². The molecule has 1 unspecified atom stereocenters. The van der Waals surface area contributed by atoms with E-state index in [1.54, 1.807) is 0 Å². The van der Waals surface area contributed by atoms with Gasteiger partial charge in [0.15, 0.2) is 0 Å². The van der Waals surface area contributed by atoms with Crippen molar-refractivity contribution in [3.8, 4) is 5.75 Å². The molecule has 1 fully saturated rings. The fourth-order valence-electron chi connectivity index (χ4n) is 2.23. The zero-order chi connectivity index (χ0) is 12.1. The van der Waals surface area contributed by atoms with Crippen molar-refractivity contribution >= 4 is 0 Å². The van der Waals surface area contributed by atoms with E-state index in [1.165, 1.54) is 12.0 Å². The van der Waals surface area contributed by atoms with E-state index < -0.39 is 0 Å². The van der Waals surface area contributed by atoms with Crippen molar-refractivity contribution in [1.82, 2.24) is 5.32 Å². The van der Waals surface area contributed by atoms with Crippen LogP contribution < -0.4 is 10.1 Å². The second-order valence-corrected chi connectivity index (χ2v) is 4.66. The van der Waals surface area contributed by atoms with Crippen molar-refractivity contribution in [3.05, 3.63) is 29.3 Å². The molecule has 3 heteroatoms. The lowest BCUT2D eigenvalue weighted by atomic mass is 10.1. The zero-order valence-electron chi connectivity index (χ0n) is 10.4. The van der Waals surface area contributed by atoms with Gasteiger partial charge in [-0.1, -0.05) is 12.1 Å². The van der Waals surface area contributed by atoms with Crippen LogP contribution in [-0.4, -0.2) is 30.9 Å². The molecule has 2 rings (SSSR count). The van der Waals surface area contributed by atoms with Gasteiger partial charge in [-0.25, -0.2) is 0 Å². The Morgan fingerprint density at radius 1 is 1.47 bits per heavy atom. The van der Waals surface area contributed by atoms with E-state index in [0.717, 1.165) is 30.8 Å². The predicted octanol–water partition coefficient (Wildman–Crippen LogP) is 1.66. The SMILES string of the molecule is Cc1cc(CCO)ccc1OC1CCCNC1. The molecular formula is C14H21NO2. The van der Waals surface area contributed by atoms with Crippen LogP contribution in [0.5, 0.6) is 5.75 Å². The maximum atomic E-state index is 8.90. The molecule has 1 aromatic carbocycles. The molecule has 0 radical (unpaired) electrons. The molecule has 2 N–H and O–H groups in total. The molecule has 0 aliphatic carbocycles. The molecule has 1 heterocycles. The molecule has 0 amide bonds. The Bertz CT molecular complexity index is 359. The summed E-state index contributed by atoms with van der Waals surface area (Å²) in [7, 11) is 0. The summed E-state index contributed by atoms with van der Waals surface area (Å²) in [6.07, 6.45) is 3.33. The van der Waals surface area contributed by atoms with Gasteiger partial charge in [0.05, 0.1) is 0 Å². The summed E-state index contributed by atoms with van der Waals surface area (Å²) in [6, 6.07) is 6.16. The molecule has 0 bridgehead atoms. The van der Waals surface area contributed by atoms with Crippen LogP contribution in [0.4, 0.5) is 0 Å². The number of hydrogen-bond donors (Lipinski definition) is 2. The van der Waals surface area contributed by atoms with Gasteiger partial charge in [-0.2, -0.15) is 0 Å². The first-order chi connectivity index (χ1) is 8.29. The number of ether oxygens (including phenoxy) is 1. The van der Waals surface area contributed by atoms with Crippen molar-refractivity contribution in [2.24, 2.45) is 0 Å². The van der Waals surface area contributed by atoms with Crippen molar-refractivity contribution in [2.45, 2.75) is 32.3 Å². The number of aryl methyl sites for hydroxylation is 1. The summed E-state index contributed by atoms with van der Waals surface area (Å²) in [5, 5.41) is 12.2. The molecule has 3 nitrogen and oxygen atoms in total. The zero-order valence-corrected chi connectivity index (χ0v) is 10.4. The van der Waals surface area contributed by atoms with Crippen LogP contribution in [0.25, 0.3) is 0 Å². The summed E-state index contributed by atoms with van der Waals surface area (Å²) in [4.78, 5) is 0. The minimum Gasteiger partial charge on any atom is -0.489 e. The van der Waals surface area contributed by atoms with Crippen LogP contribution in [0.1, 0.15) is 24.0 Å². The quantitative estimate of drug-likeness (QED) is 0.834. The van der Waals surface area contributed by atoms with E-state index in [9.17, 15) is 0 Å². The lowest BCUT2D eigenvalue weighted by Gasteiger charge is -2.24. The fraction of sp³-hybridized carbons (Fsp3) is 0.571. The Morgan fingerprint density at radius 3 is 3.00 bits per heavy atom. The highest BCUT2D eigenvalue weighted by molar-refractivity contribution is 5.36. The number of aliphatic hydroxyl groups excluding tert-OH is 1. The van der Waals surface area contributed by atoms with Gasteiger partial charge in [-0.05, 0) is 49.9 Å². The normalized spacial score (nSPS) is 20.2. The first kappa shape index (κ1) is 12.4. The summed E-state index contributed by atoms with van der Waals surface area (Å²) in [5.74, 6) is 0.973. The third-order valence-electron chi connectivity index (χ3n) is 3.19. The van der Waals surface area contributed by atoms with Gasteiger partial charge in [0.2, 0.25) is 0 Å². The van der Waals surface area contributed by atoms with Gasteiger partial charge in [-0.3, -0.25) is 0 Å². The predicted molar refractivity (Wildman–Crippen MR) is 68.5 cm³/mol. The van der Waals surface area contributed by atoms with Gasteiger partial charge in [0.1, 0.15) is 11.9 Å². The first-order valence-corrected chi connectivity index (χ1v) is 6.37. The number of aliphatic hydroxyl groups is 1. The Hall–Kier alpha value is -1.06. The van der Waals surface area contributed by atoms with Gasteiger partial charge >= 0.3 is 0 Å². The highest BCUT2D eigenvalue weighted by Gasteiger charge is 2.15. The number of rotatable bonds is 4. The average molecular weight is 235 g/mol. The highest BCUT2D eigenvalue weighted by Crippen LogP contribution is 2.22. The molecule has 1 aliphatic rings. The number of piperidine rings is 1. The Labute approximate surface area is 103 Å². The summed E-state index contributed by atoms with van der Waals surface area (Å²) < 4.78 is 5.99. The molecule has 1 atom stereocenters. The van der Waals surface area contributed by atoms with Crippen LogP contribution in [-0.2, 0) is 6.42 Å². The van der Waals surface area contributed by atoms with E-state index in [2.05, 4.69) is 18.3 Å². The lowest BCUT2D eigenvalue weighted by Crippen LogP contribution is -2.37. The largest absolute Gasteiger partial charge is 0.489 e. The van der Waals surface area contributed by atoms with Crippen molar-refractivity contribution in [1.29, 1.82) is 0 Å². The Balaban J connectivity index is 2.00.